The molecule has 1 aromatic rings. The zero-order chi connectivity index (χ0) is 14.8. The normalized spacial score (nSPS) is 25.2. The number of esters is 1. The Hall–Kier alpha value is -1.84. The SMILES string of the molecule is CCOC(=O)C1(C)ON=C(C(C)C)C1c1ccccc1. The topological polar surface area (TPSA) is 47.9 Å². The van der Waals surface area contributed by atoms with Crippen molar-refractivity contribution in [1.82, 2.24) is 0 Å². The molecule has 2 rings (SSSR count). The van der Waals surface area contributed by atoms with Gasteiger partial charge in [0, 0.05) is 0 Å². The summed E-state index contributed by atoms with van der Waals surface area (Å²) in [4.78, 5) is 17.8. The summed E-state index contributed by atoms with van der Waals surface area (Å²) in [7, 11) is 0. The maximum absolute atomic E-state index is 12.3. The monoisotopic (exact) mass is 275 g/mol. The van der Waals surface area contributed by atoms with Gasteiger partial charge in [-0.05, 0) is 25.3 Å². The summed E-state index contributed by atoms with van der Waals surface area (Å²) >= 11 is 0. The maximum Gasteiger partial charge on any atom is 0.354 e. The lowest BCUT2D eigenvalue weighted by atomic mass is 9.77. The first-order chi connectivity index (χ1) is 9.50. The molecule has 0 spiro atoms. The molecule has 0 aliphatic carbocycles. The second kappa shape index (κ2) is 5.65. The molecule has 1 aliphatic heterocycles. The Bertz CT molecular complexity index is 510. The fourth-order valence-corrected chi connectivity index (χ4v) is 2.54. The van der Waals surface area contributed by atoms with Crippen molar-refractivity contribution in [2.75, 3.05) is 6.61 Å². The van der Waals surface area contributed by atoms with Gasteiger partial charge in [-0.25, -0.2) is 4.79 Å². The summed E-state index contributed by atoms with van der Waals surface area (Å²) in [6, 6.07) is 9.85. The molecule has 0 bridgehead atoms. The van der Waals surface area contributed by atoms with Gasteiger partial charge in [-0.1, -0.05) is 49.3 Å². The molecule has 108 valence electrons. The highest BCUT2D eigenvalue weighted by atomic mass is 16.7. The lowest BCUT2D eigenvalue weighted by Crippen LogP contribution is -2.44. The van der Waals surface area contributed by atoms with Crippen molar-refractivity contribution in [2.45, 2.75) is 39.2 Å². The summed E-state index contributed by atoms with van der Waals surface area (Å²) in [5.74, 6) is -0.368. The predicted molar refractivity (Wildman–Crippen MR) is 77.6 cm³/mol. The Morgan fingerprint density at radius 1 is 1.40 bits per heavy atom. The minimum Gasteiger partial charge on any atom is -0.463 e. The van der Waals surface area contributed by atoms with Crippen LogP contribution in [0.1, 0.15) is 39.2 Å². The van der Waals surface area contributed by atoms with Crippen LogP contribution in [-0.4, -0.2) is 23.9 Å². The Morgan fingerprint density at radius 3 is 2.60 bits per heavy atom. The van der Waals surface area contributed by atoms with Crippen LogP contribution in [0.25, 0.3) is 0 Å². The van der Waals surface area contributed by atoms with Gasteiger partial charge in [-0.15, -0.1) is 0 Å². The first-order valence-corrected chi connectivity index (χ1v) is 6.98. The summed E-state index contributed by atoms with van der Waals surface area (Å²) in [5.41, 5.74) is 0.816. The Kier molecular flexibility index (Phi) is 4.12. The zero-order valence-corrected chi connectivity index (χ0v) is 12.4. The number of hydrogen-bond donors (Lipinski definition) is 0. The fraction of sp³-hybridized carbons (Fsp3) is 0.500. The third-order valence-corrected chi connectivity index (χ3v) is 3.59. The molecule has 2 atom stereocenters. The average Bonchev–Trinajstić information content (AvgIpc) is 2.79. The van der Waals surface area contributed by atoms with Crippen LogP contribution >= 0.6 is 0 Å². The molecule has 1 aromatic carbocycles. The minimum atomic E-state index is -1.09. The summed E-state index contributed by atoms with van der Waals surface area (Å²) in [6.45, 7) is 7.97. The van der Waals surface area contributed by atoms with Crippen LogP contribution in [0.15, 0.2) is 35.5 Å². The second-order valence-electron chi connectivity index (χ2n) is 5.43. The average molecular weight is 275 g/mol. The summed E-state index contributed by atoms with van der Waals surface area (Å²) < 4.78 is 5.17. The first kappa shape index (κ1) is 14.6. The molecule has 0 fully saturated rings. The quantitative estimate of drug-likeness (QED) is 0.793. The van der Waals surface area contributed by atoms with E-state index in [1.807, 2.05) is 30.3 Å². The molecule has 1 aliphatic rings. The van der Waals surface area contributed by atoms with Gasteiger partial charge in [0.1, 0.15) is 0 Å². The predicted octanol–water partition coefficient (Wildman–Crippen LogP) is 3.13. The molecule has 20 heavy (non-hydrogen) atoms. The smallest absolute Gasteiger partial charge is 0.354 e. The van der Waals surface area contributed by atoms with E-state index < -0.39 is 5.60 Å². The van der Waals surface area contributed by atoms with Crippen LogP contribution in [0.2, 0.25) is 0 Å². The fourth-order valence-electron chi connectivity index (χ4n) is 2.54. The Morgan fingerprint density at radius 2 is 2.05 bits per heavy atom. The number of carbonyl (C=O) groups is 1. The molecule has 0 aromatic heterocycles. The molecule has 4 heteroatoms. The molecular weight excluding hydrogens is 254 g/mol. The van der Waals surface area contributed by atoms with Crippen molar-refractivity contribution >= 4 is 11.7 Å². The van der Waals surface area contributed by atoms with Crippen molar-refractivity contribution in [3.8, 4) is 0 Å². The number of rotatable bonds is 4. The van der Waals surface area contributed by atoms with E-state index in [1.54, 1.807) is 13.8 Å². The van der Waals surface area contributed by atoms with Crippen LogP contribution in [0.3, 0.4) is 0 Å². The van der Waals surface area contributed by atoms with Gasteiger partial charge in [0.15, 0.2) is 0 Å². The van der Waals surface area contributed by atoms with Gasteiger partial charge in [0.05, 0.1) is 18.2 Å². The van der Waals surface area contributed by atoms with Crippen LogP contribution < -0.4 is 0 Å². The molecule has 0 radical (unpaired) electrons. The summed E-state index contributed by atoms with van der Waals surface area (Å²) in [5, 5.41) is 4.17. The van der Waals surface area contributed by atoms with Crippen LogP contribution in [-0.2, 0) is 14.4 Å². The molecule has 2 unspecified atom stereocenters. The van der Waals surface area contributed by atoms with Crippen LogP contribution in [0.4, 0.5) is 0 Å². The van der Waals surface area contributed by atoms with Crippen molar-refractivity contribution in [3.05, 3.63) is 35.9 Å². The first-order valence-electron chi connectivity index (χ1n) is 6.98. The molecule has 0 saturated carbocycles. The Balaban J connectivity index is 2.42. The molecule has 1 heterocycles. The van der Waals surface area contributed by atoms with Crippen molar-refractivity contribution < 1.29 is 14.4 Å². The number of nitrogens with zero attached hydrogens (tertiary/aromatic N) is 1. The van der Waals surface area contributed by atoms with Crippen molar-refractivity contribution in [1.29, 1.82) is 0 Å². The number of ether oxygens (including phenoxy) is 1. The third-order valence-electron chi connectivity index (χ3n) is 3.59. The minimum absolute atomic E-state index is 0.205. The lowest BCUT2D eigenvalue weighted by Gasteiger charge is -2.28. The number of hydrogen-bond acceptors (Lipinski definition) is 4. The van der Waals surface area contributed by atoms with Crippen LogP contribution in [0, 0.1) is 5.92 Å². The number of oxime groups is 1. The van der Waals surface area contributed by atoms with E-state index in [2.05, 4.69) is 19.0 Å². The third kappa shape index (κ3) is 2.42. The molecule has 4 nitrogen and oxygen atoms in total. The standard InChI is InChI=1S/C16H21NO3/c1-5-19-15(18)16(4)13(12-9-7-6-8-10-12)14(11(2)3)17-20-16/h6-11,13H,5H2,1-4H3. The molecule has 0 amide bonds. The maximum atomic E-state index is 12.3. The van der Waals surface area contributed by atoms with Crippen molar-refractivity contribution in [3.63, 3.8) is 0 Å². The van der Waals surface area contributed by atoms with Gasteiger partial charge < -0.3 is 9.57 Å². The zero-order valence-electron chi connectivity index (χ0n) is 12.4. The van der Waals surface area contributed by atoms with Gasteiger partial charge in [0.25, 0.3) is 0 Å². The van der Waals surface area contributed by atoms with Crippen molar-refractivity contribution in [2.24, 2.45) is 11.1 Å². The lowest BCUT2D eigenvalue weighted by molar-refractivity contribution is -0.168. The summed E-state index contributed by atoms with van der Waals surface area (Å²) in [6.07, 6.45) is 0. The highest BCUT2D eigenvalue weighted by Crippen LogP contribution is 2.41. The molecular formula is C16H21NO3. The van der Waals surface area contributed by atoms with E-state index in [-0.39, 0.29) is 17.8 Å². The second-order valence-corrected chi connectivity index (χ2v) is 5.43. The largest absolute Gasteiger partial charge is 0.463 e. The Labute approximate surface area is 119 Å². The van der Waals surface area contributed by atoms with E-state index in [1.165, 1.54) is 0 Å². The van der Waals surface area contributed by atoms with E-state index >= 15 is 0 Å². The van der Waals surface area contributed by atoms with Crippen LogP contribution in [0.5, 0.6) is 0 Å². The number of benzene rings is 1. The number of carbonyl (C=O) groups excluding carboxylic acids is 1. The van der Waals surface area contributed by atoms with E-state index in [0.717, 1.165) is 11.3 Å². The highest BCUT2D eigenvalue weighted by Gasteiger charge is 2.53. The highest BCUT2D eigenvalue weighted by molar-refractivity contribution is 6.00. The van der Waals surface area contributed by atoms with Gasteiger partial charge in [-0.2, -0.15) is 0 Å². The van der Waals surface area contributed by atoms with Gasteiger partial charge in [-0.3, -0.25) is 0 Å². The van der Waals surface area contributed by atoms with E-state index in [9.17, 15) is 4.79 Å². The van der Waals surface area contributed by atoms with E-state index in [4.69, 9.17) is 9.57 Å². The molecule has 0 saturated heterocycles. The van der Waals surface area contributed by atoms with E-state index in [0.29, 0.717) is 6.61 Å². The van der Waals surface area contributed by atoms with Gasteiger partial charge >= 0.3 is 5.97 Å². The molecule has 0 N–H and O–H groups in total. The van der Waals surface area contributed by atoms with Gasteiger partial charge in [0.2, 0.25) is 5.60 Å².